The minimum Gasteiger partial charge on any atom is -0.496 e. The quantitative estimate of drug-likeness (QED) is 0.843. The Morgan fingerprint density at radius 3 is 2.52 bits per heavy atom. The molecule has 1 aliphatic carbocycles. The van der Waals surface area contributed by atoms with E-state index < -0.39 is 5.97 Å². The third kappa shape index (κ3) is 4.21. The number of hydrogen-bond acceptors (Lipinski definition) is 3. The van der Waals surface area contributed by atoms with E-state index in [1.54, 1.807) is 12.1 Å². The van der Waals surface area contributed by atoms with Crippen molar-refractivity contribution in [3.05, 3.63) is 29.3 Å². The number of ether oxygens (including phenoxy) is 1. The van der Waals surface area contributed by atoms with Gasteiger partial charge in [0.05, 0.1) is 7.11 Å². The molecule has 1 saturated carbocycles. The van der Waals surface area contributed by atoms with Crippen LogP contribution in [0, 0.1) is 0 Å². The van der Waals surface area contributed by atoms with Crippen LogP contribution in [0.25, 0.3) is 0 Å². The van der Waals surface area contributed by atoms with Crippen molar-refractivity contribution in [3.8, 4) is 5.75 Å². The van der Waals surface area contributed by atoms with E-state index in [1.807, 2.05) is 6.07 Å². The third-order valence-corrected chi connectivity index (χ3v) is 4.37. The second-order valence-electron chi connectivity index (χ2n) is 5.90. The minimum absolute atomic E-state index is 0.240. The number of carbonyl (C=O) groups is 1. The van der Waals surface area contributed by atoms with Crippen molar-refractivity contribution in [2.45, 2.75) is 51.1 Å². The van der Waals surface area contributed by atoms with Crippen LogP contribution in [-0.4, -0.2) is 36.2 Å². The third-order valence-electron chi connectivity index (χ3n) is 4.37. The highest BCUT2D eigenvalue weighted by molar-refractivity contribution is 5.91. The van der Waals surface area contributed by atoms with E-state index in [1.165, 1.54) is 45.6 Å². The number of carboxylic acids is 1. The van der Waals surface area contributed by atoms with Crippen molar-refractivity contribution < 1.29 is 14.6 Å². The first-order chi connectivity index (χ1) is 10.1. The highest BCUT2D eigenvalue weighted by atomic mass is 16.5. The van der Waals surface area contributed by atoms with Gasteiger partial charge in [0.1, 0.15) is 11.3 Å². The molecule has 0 heterocycles. The van der Waals surface area contributed by atoms with Gasteiger partial charge in [0.2, 0.25) is 0 Å². The van der Waals surface area contributed by atoms with E-state index in [9.17, 15) is 9.90 Å². The maximum atomic E-state index is 11.3. The fourth-order valence-electron chi connectivity index (χ4n) is 3.14. The lowest BCUT2D eigenvalue weighted by Crippen LogP contribution is -2.30. The predicted molar refractivity (Wildman–Crippen MR) is 82.9 cm³/mol. The lowest BCUT2D eigenvalue weighted by Gasteiger charge is -2.27. The number of benzene rings is 1. The van der Waals surface area contributed by atoms with E-state index in [2.05, 4.69) is 11.9 Å². The maximum Gasteiger partial charge on any atom is 0.339 e. The van der Waals surface area contributed by atoms with Gasteiger partial charge in [-0.3, -0.25) is 4.90 Å². The molecule has 0 atom stereocenters. The Morgan fingerprint density at radius 1 is 1.29 bits per heavy atom. The zero-order valence-electron chi connectivity index (χ0n) is 13.0. The summed E-state index contributed by atoms with van der Waals surface area (Å²) in [7, 11) is 3.64. The molecule has 116 valence electrons. The molecule has 0 amide bonds. The van der Waals surface area contributed by atoms with Gasteiger partial charge in [-0.2, -0.15) is 0 Å². The molecule has 0 bridgehead atoms. The molecular weight excluding hydrogens is 266 g/mol. The standard InChI is InChI=1S/C17H25NO3/c1-18(14-7-5-3-4-6-8-14)12-13-9-10-16(21-2)15(11-13)17(19)20/h9-11,14H,3-8,12H2,1-2H3,(H,19,20). The smallest absolute Gasteiger partial charge is 0.339 e. The van der Waals surface area contributed by atoms with Gasteiger partial charge in [-0.1, -0.05) is 31.7 Å². The molecular formula is C17H25NO3. The van der Waals surface area contributed by atoms with Gasteiger partial charge in [0.25, 0.3) is 0 Å². The second-order valence-corrected chi connectivity index (χ2v) is 5.90. The zero-order valence-corrected chi connectivity index (χ0v) is 13.0. The number of nitrogens with zero attached hydrogens (tertiary/aromatic N) is 1. The summed E-state index contributed by atoms with van der Waals surface area (Å²) in [6.45, 7) is 0.787. The molecule has 0 aromatic heterocycles. The molecule has 1 fully saturated rings. The Bertz CT molecular complexity index is 479. The molecule has 1 N–H and O–H groups in total. The summed E-state index contributed by atoms with van der Waals surface area (Å²) >= 11 is 0. The van der Waals surface area contributed by atoms with E-state index in [0.29, 0.717) is 11.8 Å². The minimum atomic E-state index is -0.939. The summed E-state index contributed by atoms with van der Waals surface area (Å²) in [5.74, 6) is -0.519. The van der Waals surface area contributed by atoms with E-state index >= 15 is 0 Å². The number of rotatable bonds is 5. The molecule has 0 saturated heterocycles. The van der Waals surface area contributed by atoms with Crippen LogP contribution in [0.1, 0.15) is 54.4 Å². The van der Waals surface area contributed by atoms with Gasteiger partial charge in [-0.25, -0.2) is 4.79 Å². The molecule has 21 heavy (non-hydrogen) atoms. The van der Waals surface area contributed by atoms with Crippen LogP contribution in [0.15, 0.2) is 18.2 Å². The van der Waals surface area contributed by atoms with Crippen molar-refractivity contribution >= 4 is 5.97 Å². The van der Waals surface area contributed by atoms with Crippen LogP contribution in [0.3, 0.4) is 0 Å². The summed E-state index contributed by atoms with van der Waals surface area (Å²) in [4.78, 5) is 13.6. The Kier molecular flexibility index (Phi) is 5.62. The first-order valence-corrected chi connectivity index (χ1v) is 7.72. The number of methoxy groups -OCH3 is 1. The van der Waals surface area contributed by atoms with E-state index in [-0.39, 0.29) is 5.56 Å². The van der Waals surface area contributed by atoms with E-state index in [4.69, 9.17) is 4.74 Å². The Hall–Kier alpha value is -1.55. The summed E-state index contributed by atoms with van der Waals surface area (Å²) in [5.41, 5.74) is 1.27. The average molecular weight is 291 g/mol. The van der Waals surface area contributed by atoms with Crippen molar-refractivity contribution in [1.82, 2.24) is 4.90 Å². The van der Waals surface area contributed by atoms with Gasteiger partial charge in [0.15, 0.2) is 0 Å². The SMILES string of the molecule is COc1ccc(CN(C)C2CCCCCC2)cc1C(=O)O. The highest BCUT2D eigenvalue weighted by Gasteiger charge is 2.18. The summed E-state index contributed by atoms with van der Waals surface area (Å²) < 4.78 is 5.11. The van der Waals surface area contributed by atoms with Gasteiger partial charge in [0, 0.05) is 12.6 Å². The normalized spacial score (nSPS) is 16.7. The van der Waals surface area contributed by atoms with Crippen molar-refractivity contribution in [2.24, 2.45) is 0 Å². The van der Waals surface area contributed by atoms with Crippen LogP contribution in [-0.2, 0) is 6.54 Å². The maximum absolute atomic E-state index is 11.3. The first-order valence-electron chi connectivity index (χ1n) is 7.72. The summed E-state index contributed by atoms with van der Waals surface area (Å²) in [5, 5.41) is 9.25. The monoisotopic (exact) mass is 291 g/mol. The second kappa shape index (κ2) is 7.46. The molecule has 0 radical (unpaired) electrons. The molecule has 4 nitrogen and oxygen atoms in total. The van der Waals surface area contributed by atoms with Crippen molar-refractivity contribution in [1.29, 1.82) is 0 Å². The summed E-state index contributed by atoms with van der Waals surface area (Å²) in [6.07, 6.45) is 7.79. The van der Waals surface area contributed by atoms with Crippen molar-refractivity contribution in [3.63, 3.8) is 0 Å². The van der Waals surface area contributed by atoms with Crippen LogP contribution >= 0.6 is 0 Å². The first kappa shape index (κ1) is 15.8. The van der Waals surface area contributed by atoms with Crippen LogP contribution in [0.4, 0.5) is 0 Å². The molecule has 1 aromatic rings. The molecule has 0 spiro atoms. The van der Waals surface area contributed by atoms with Crippen LogP contribution in [0.2, 0.25) is 0 Å². The Morgan fingerprint density at radius 2 is 1.95 bits per heavy atom. The summed E-state index contributed by atoms with van der Waals surface area (Å²) in [6, 6.07) is 6.05. The molecule has 0 aliphatic heterocycles. The molecule has 2 rings (SSSR count). The molecule has 1 aliphatic rings. The fraction of sp³-hybridized carbons (Fsp3) is 0.588. The predicted octanol–water partition coefficient (Wildman–Crippen LogP) is 3.55. The number of hydrogen-bond donors (Lipinski definition) is 1. The fourth-order valence-corrected chi connectivity index (χ4v) is 3.14. The largest absolute Gasteiger partial charge is 0.496 e. The average Bonchev–Trinajstić information content (AvgIpc) is 2.76. The Balaban J connectivity index is 2.07. The van der Waals surface area contributed by atoms with E-state index in [0.717, 1.165) is 12.1 Å². The lowest BCUT2D eigenvalue weighted by atomic mass is 10.1. The van der Waals surface area contributed by atoms with Gasteiger partial charge in [-0.15, -0.1) is 0 Å². The lowest BCUT2D eigenvalue weighted by molar-refractivity contribution is 0.0693. The number of aromatic carboxylic acids is 1. The van der Waals surface area contributed by atoms with Gasteiger partial charge < -0.3 is 9.84 Å². The van der Waals surface area contributed by atoms with Crippen LogP contribution < -0.4 is 4.74 Å². The highest BCUT2D eigenvalue weighted by Crippen LogP contribution is 2.24. The molecule has 4 heteroatoms. The molecule has 1 aromatic carbocycles. The number of carboxylic acid groups (broad SMARTS) is 1. The van der Waals surface area contributed by atoms with Crippen molar-refractivity contribution in [2.75, 3.05) is 14.2 Å². The Labute approximate surface area is 126 Å². The van der Waals surface area contributed by atoms with Gasteiger partial charge >= 0.3 is 5.97 Å². The van der Waals surface area contributed by atoms with Gasteiger partial charge in [-0.05, 0) is 37.6 Å². The topological polar surface area (TPSA) is 49.8 Å². The zero-order chi connectivity index (χ0) is 15.2. The van der Waals surface area contributed by atoms with Crippen LogP contribution in [0.5, 0.6) is 5.75 Å². The molecule has 0 unspecified atom stereocenters.